The van der Waals surface area contributed by atoms with Gasteiger partial charge in [-0.3, -0.25) is 0 Å². The van der Waals surface area contributed by atoms with Gasteiger partial charge in [-0.05, 0) is 29.7 Å². The Morgan fingerprint density at radius 2 is 1.34 bits per heavy atom. The highest BCUT2D eigenvalue weighted by atomic mass is 32.2. The van der Waals surface area contributed by atoms with Gasteiger partial charge in [0.1, 0.15) is 11.4 Å². The van der Waals surface area contributed by atoms with Crippen LogP contribution in [-0.2, 0) is 26.7 Å². The number of benzene rings is 2. The lowest BCUT2D eigenvalue weighted by Crippen LogP contribution is -3.00. The molecule has 0 unspecified atom stereocenters. The van der Waals surface area contributed by atoms with E-state index in [0.29, 0.717) is 12.5 Å². The molecule has 29 heavy (non-hydrogen) atoms. The van der Waals surface area contributed by atoms with Crippen LogP contribution in [0, 0.1) is 0 Å². The third-order valence-corrected chi connectivity index (χ3v) is 4.87. The first-order chi connectivity index (χ1) is 13.2. The molecule has 0 atom stereocenters. The standard InChI is InChI=1S/C16H18N2S.2CH4O3S/c1-17-13-6-4-11-8-12-5-7-14(18(2)3)10-16(12)19-15(11)9-13;2*1-5(2,3)4/h4-7,9-10,17H,8H2,1-3H3;2*1H3,(H,2,3,4). The van der Waals surface area contributed by atoms with E-state index in [0.717, 1.165) is 6.42 Å². The molecule has 1 aliphatic heterocycles. The summed E-state index contributed by atoms with van der Waals surface area (Å²) in [5.41, 5.74) is 5.57. The van der Waals surface area contributed by atoms with Gasteiger partial charge in [-0.2, -0.15) is 0 Å². The largest absolute Gasteiger partial charge is 0.748 e. The number of quaternary nitrogens is 2. The average Bonchev–Trinajstić information content (AvgIpc) is 2.55. The molecule has 162 valence electrons. The molecule has 0 spiro atoms. The van der Waals surface area contributed by atoms with Gasteiger partial charge in [-0.15, -0.1) is 0 Å². The lowest BCUT2D eigenvalue weighted by Gasteiger charge is -2.20. The van der Waals surface area contributed by atoms with Gasteiger partial charge in [0, 0.05) is 34.4 Å². The van der Waals surface area contributed by atoms with Gasteiger partial charge < -0.3 is 19.3 Å². The zero-order chi connectivity index (χ0) is 22.4. The summed E-state index contributed by atoms with van der Waals surface area (Å²) in [5, 5.41) is 2.16. The highest BCUT2D eigenvalue weighted by Gasteiger charge is 2.18. The molecular weight excluding hydrogens is 436 g/mol. The topological polar surface area (TPSA) is 135 Å². The van der Waals surface area contributed by atoms with Crippen molar-refractivity contribution in [2.75, 3.05) is 33.7 Å². The predicted molar refractivity (Wildman–Crippen MR) is 111 cm³/mol. The van der Waals surface area contributed by atoms with Crippen LogP contribution in [0.3, 0.4) is 0 Å². The summed E-state index contributed by atoms with van der Waals surface area (Å²) in [5.74, 6) is 0. The first kappa shape index (κ1) is 25.6. The van der Waals surface area contributed by atoms with E-state index in [2.05, 4.69) is 62.9 Å². The minimum absolute atomic E-state index is 0.604. The van der Waals surface area contributed by atoms with Gasteiger partial charge in [-0.1, -0.05) is 23.9 Å². The van der Waals surface area contributed by atoms with Crippen molar-refractivity contribution in [2.45, 2.75) is 16.2 Å². The fourth-order valence-electron chi connectivity index (χ4n) is 2.42. The van der Waals surface area contributed by atoms with E-state index >= 15 is 0 Å². The van der Waals surface area contributed by atoms with Crippen molar-refractivity contribution in [1.82, 2.24) is 0 Å². The summed E-state index contributed by atoms with van der Waals surface area (Å²) in [6.45, 7) is 0. The lowest BCUT2D eigenvalue weighted by molar-refractivity contribution is -0.786. The van der Waals surface area contributed by atoms with Crippen molar-refractivity contribution in [1.29, 1.82) is 0 Å². The molecule has 1 aliphatic rings. The summed E-state index contributed by atoms with van der Waals surface area (Å²) < 4.78 is 54.5. The summed E-state index contributed by atoms with van der Waals surface area (Å²) in [6, 6.07) is 13.6. The highest BCUT2D eigenvalue weighted by molar-refractivity contribution is 7.99. The van der Waals surface area contributed by atoms with Crippen LogP contribution in [0.15, 0.2) is 46.2 Å². The third kappa shape index (κ3) is 10.8. The smallest absolute Gasteiger partial charge is 0.131 e. The van der Waals surface area contributed by atoms with E-state index in [1.54, 1.807) is 0 Å². The first-order valence-corrected chi connectivity index (χ1v) is 13.0. The van der Waals surface area contributed by atoms with E-state index < -0.39 is 20.2 Å². The van der Waals surface area contributed by atoms with Gasteiger partial charge in [-0.25, -0.2) is 16.8 Å². The minimum atomic E-state index is -3.92. The van der Waals surface area contributed by atoms with Crippen molar-refractivity contribution in [3.05, 3.63) is 47.5 Å². The molecule has 0 saturated heterocycles. The monoisotopic (exact) mass is 462 g/mol. The number of fused-ring (bicyclic) bond motifs is 2. The van der Waals surface area contributed by atoms with Crippen LogP contribution in [0.25, 0.3) is 0 Å². The van der Waals surface area contributed by atoms with Crippen LogP contribution >= 0.6 is 11.8 Å². The predicted octanol–water partition coefficient (Wildman–Crippen LogP) is -0.334. The van der Waals surface area contributed by atoms with Crippen molar-refractivity contribution in [2.24, 2.45) is 0 Å². The number of nitrogens with two attached hydrogens (primary N) is 1. The van der Waals surface area contributed by atoms with E-state index in [-0.39, 0.29) is 0 Å². The van der Waals surface area contributed by atoms with Crippen molar-refractivity contribution in [3.63, 3.8) is 0 Å². The van der Waals surface area contributed by atoms with E-state index in [4.69, 9.17) is 25.9 Å². The second kappa shape index (κ2) is 10.5. The van der Waals surface area contributed by atoms with Crippen molar-refractivity contribution in [3.8, 4) is 0 Å². The van der Waals surface area contributed by atoms with Gasteiger partial charge in [0.15, 0.2) is 0 Å². The van der Waals surface area contributed by atoms with Crippen LogP contribution in [0.1, 0.15) is 11.1 Å². The van der Waals surface area contributed by atoms with Gasteiger partial charge in [0.05, 0.1) is 41.4 Å². The van der Waals surface area contributed by atoms with Gasteiger partial charge in [0.2, 0.25) is 0 Å². The molecule has 0 aromatic heterocycles. The fraction of sp³-hybridized carbons (Fsp3) is 0.333. The van der Waals surface area contributed by atoms with Crippen molar-refractivity contribution < 1.29 is 36.2 Å². The summed E-state index contributed by atoms with van der Waals surface area (Å²) >= 11 is 1.91. The highest BCUT2D eigenvalue weighted by Crippen LogP contribution is 2.40. The molecule has 2 aromatic carbocycles. The normalized spacial score (nSPS) is 12.7. The second-order valence-electron chi connectivity index (χ2n) is 6.67. The molecule has 0 amide bonds. The number of nitrogens with one attached hydrogen (secondary N) is 1. The minimum Gasteiger partial charge on any atom is -0.748 e. The number of hydrogen-bond acceptors (Lipinski definition) is 7. The maximum atomic E-state index is 9.08. The Hall–Kier alpha value is -1.47. The molecule has 3 rings (SSSR count). The van der Waals surface area contributed by atoms with Crippen LogP contribution < -0.4 is 10.2 Å². The van der Waals surface area contributed by atoms with Crippen LogP contribution in [-0.4, -0.2) is 59.6 Å². The van der Waals surface area contributed by atoms with Gasteiger partial charge in [0.25, 0.3) is 0 Å². The quantitative estimate of drug-likeness (QED) is 0.393. The fourth-order valence-corrected chi connectivity index (χ4v) is 3.58. The van der Waals surface area contributed by atoms with Crippen molar-refractivity contribution >= 4 is 43.4 Å². The number of hydrogen-bond donors (Lipinski definition) is 2. The molecule has 0 saturated carbocycles. The molecule has 1 heterocycles. The Balaban J connectivity index is 0.000000353. The lowest BCUT2D eigenvalue weighted by atomic mass is 10.0. The summed E-state index contributed by atoms with van der Waals surface area (Å²) in [7, 11) is -1.39. The van der Waals surface area contributed by atoms with E-state index in [1.165, 1.54) is 37.2 Å². The van der Waals surface area contributed by atoms with Crippen LogP contribution in [0.4, 0.5) is 11.4 Å². The average molecular weight is 463 g/mol. The third-order valence-electron chi connectivity index (χ3n) is 3.67. The Kier molecular flexibility index (Phi) is 9.28. The molecule has 0 bridgehead atoms. The molecule has 11 heteroatoms. The van der Waals surface area contributed by atoms with E-state index in [9.17, 15) is 0 Å². The molecule has 8 nitrogen and oxygen atoms in total. The number of rotatable bonds is 2. The van der Waals surface area contributed by atoms with Gasteiger partial charge >= 0.3 is 0 Å². The Morgan fingerprint density at radius 1 is 0.897 bits per heavy atom. The first-order valence-electron chi connectivity index (χ1n) is 8.52. The second-order valence-corrected chi connectivity index (χ2v) is 10.6. The Bertz CT molecular complexity index is 1010. The molecule has 0 radical (unpaired) electrons. The molecular formula is C18H26N2O6S3. The zero-order valence-corrected chi connectivity index (χ0v) is 19.4. The Morgan fingerprint density at radius 3 is 1.79 bits per heavy atom. The zero-order valence-electron chi connectivity index (χ0n) is 16.9. The molecule has 3 N–H and O–H groups in total. The summed E-state index contributed by atoms with van der Waals surface area (Å²) in [4.78, 5) is 4.21. The summed E-state index contributed by atoms with van der Waals surface area (Å²) in [6.07, 6.45) is 2.27. The van der Waals surface area contributed by atoms with Crippen LogP contribution in [0.5, 0.6) is 0 Å². The van der Waals surface area contributed by atoms with Crippen LogP contribution in [0.2, 0.25) is 0 Å². The maximum Gasteiger partial charge on any atom is 0.131 e. The maximum absolute atomic E-state index is 9.08. The SMILES string of the molecule is CS(=O)(=O)[O-].CS(=O)(=O)[O-].C[NH2+]c1ccc2c(c1)Sc1cc([NH+](C)C)ccc1C2. The molecule has 2 aromatic rings. The Labute approximate surface area is 176 Å². The molecule has 0 aliphatic carbocycles. The molecule has 0 fully saturated rings. The van der Waals surface area contributed by atoms with E-state index in [1.807, 2.05) is 11.8 Å².